The molecule has 0 fully saturated rings. The third-order valence-electron chi connectivity index (χ3n) is 4.94. The smallest absolute Gasteiger partial charge is 0.289 e. The molecule has 0 bridgehead atoms. The van der Waals surface area contributed by atoms with E-state index in [-0.39, 0.29) is 17.2 Å². The van der Waals surface area contributed by atoms with Crippen molar-refractivity contribution in [2.75, 3.05) is 26.5 Å². The minimum Gasteiger partial charge on any atom is -0.497 e. The van der Waals surface area contributed by atoms with Crippen molar-refractivity contribution in [3.63, 3.8) is 0 Å². The van der Waals surface area contributed by atoms with Crippen LogP contribution in [0.5, 0.6) is 17.2 Å². The van der Waals surface area contributed by atoms with Gasteiger partial charge in [0.1, 0.15) is 28.6 Å². The zero-order chi connectivity index (χ0) is 23.5. The number of pyridine rings is 1. The summed E-state index contributed by atoms with van der Waals surface area (Å²) >= 11 is 0. The van der Waals surface area contributed by atoms with Crippen LogP contribution < -0.4 is 14.8 Å². The van der Waals surface area contributed by atoms with E-state index in [1.54, 1.807) is 44.4 Å². The Hall–Kier alpha value is -4.33. The average Bonchev–Trinajstić information content (AvgIpc) is 3.24. The van der Waals surface area contributed by atoms with Crippen LogP contribution in [-0.4, -0.2) is 42.9 Å². The molecular formula is C25H23N3O5. The van der Waals surface area contributed by atoms with Crippen molar-refractivity contribution < 1.29 is 23.5 Å². The molecule has 2 heterocycles. The first-order valence-electron chi connectivity index (χ1n) is 10.2. The highest BCUT2D eigenvalue weighted by atomic mass is 16.5. The van der Waals surface area contributed by atoms with Gasteiger partial charge < -0.3 is 24.1 Å². The third-order valence-corrected chi connectivity index (χ3v) is 4.94. The number of anilines is 1. The van der Waals surface area contributed by atoms with Crippen LogP contribution in [0.15, 0.2) is 65.2 Å². The second-order valence-electron chi connectivity index (χ2n) is 7.65. The third kappa shape index (κ3) is 4.79. The molecule has 8 heteroatoms. The van der Waals surface area contributed by atoms with Crippen LogP contribution in [0.3, 0.4) is 0 Å². The second-order valence-corrected chi connectivity index (χ2v) is 7.65. The molecular weight excluding hydrogens is 422 g/mol. The monoisotopic (exact) mass is 445 g/mol. The Balaban J connectivity index is 1.74. The number of carbonyl (C=O) groups is 2. The highest BCUT2D eigenvalue weighted by Gasteiger charge is 2.20. The Kier molecular flexibility index (Phi) is 5.99. The lowest BCUT2D eigenvalue weighted by molar-refractivity contribution is 0.0799. The number of aryl methyl sites for hydroxylation is 1. The number of amides is 2. The summed E-state index contributed by atoms with van der Waals surface area (Å²) in [5.41, 5.74) is 1.73. The first kappa shape index (κ1) is 21.9. The fourth-order valence-corrected chi connectivity index (χ4v) is 3.18. The number of aromatic nitrogens is 1. The maximum atomic E-state index is 13.0. The largest absolute Gasteiger partial charge is 0.497 e. The summed E-state index contributed by atoms with van der Waals surface area (Å²) in [5.74, 6) is 1.33. The number of hydrogen-bond acceptors (Lipinski definition) is 6. The number of benzene rings is 2. The van der Waals surface area contributed by atoms with Crippen molar-refractivity contribution in [3.8, 4) is 17.2 Å². The van der Waals surface area contributed by atoms with E-state index in [2.05, 4.69) is 10.3 Å². The zero-order valence-electron chi connectivity index (χ0n) is 18.7. The molecule has 4 aromatic rings. The number of hydrogen-bond donors (Lipinski definition) is 1. The summed E-state index contributed by atoms with van der Waals surface area (Å²) in [6.07, 6.45) is 1.54. The molecule has 0 aliphatic rings. The Morgan fingerprint density at radius 1 is 1.00 bits per heavy atom. The number of carbonyl (C=O) groups excluding carboxylic acids is 2. The first-order chi connectivity index (χ1) is 15.8. The number of ether oxygens (including phenoxy) is 2. The van der Waals surface area contributed by atoms with E-state index in [0.717, 1.165) is 5.56 Å². The molecule has 0 atom stereocenters. The Morgan fingerprint density at radius 3 is 2.45 bits per heavy atom. The van der Waals surface area contributed by atoms with Gasteiger partial charge in [-0.2, -0.15) is 0 Å². The lowest BCUT2D eigenvalue weighted by atomic mass is 10.1. The SMILES string of the molecule is COc1ccnc(NC(=O)c2cc(Oc3ccc(C)cc3)c3cc(C(=O)N(C)C)oc3c2)c1. The number of fused-ring (bicyclic) bond motifs is 1. The molecule has 2 aromatic carbocycles. The summed E-state index contributed by atoms with van der Waals surface area (Å²) in [7, 11) is 4.81. The van der Waals surface area contributed by atoms with Crippen molar-refractivity contribution in [3.05, 3.63) is 77.7 Å². The van der Waals surface area contributed by atoms with E-state index < -0.39 is 5.91 Å². The van der Waals surface area contributed by atoms with Crippen molar-refractivity contribution in [1.82, 2.24) is 9.88 Å². The van der Waals surface area contributed by atoms with E-state index in [1.807, 2.05) is 31.2 Å². The summed E-state index contributed by atoms with van der Waals surface area (Å²) in [6, 6.07) is 15.6. The predicted octanol–water partition coefficient (Wildman–Crippen LogP) is 4.89. The molecule has 0 spiro atoms. The van der Waals surface area contributed by atoms with Crippen molar-refractivity contribution in [2.24, 2.45) is 0 Å². The summed E-state index contributed by atoms with van der Waals surface area (Å²) in [4.78, 5) is 31.0. The lowest BCUT2D eigenvalue weighted by Crippen LogP contribution is -2.20. The topological polar surface area (TPSA) is 93.9 Å². The maximum Gasteiger partial charge on any atom is 0.289 e. The molecule has 4 rings (SSSR count). The van der Waals surface area contributed by atoms with Gasteiger partial charge in [0, 0.05) is 38.0 Å². The number of furan rings is 1. The summed E-state index contributed by atoms with van der Waals surface area (Å²) in [6.45, 7) is 1.98. The molecule has 0 radical (unpaired) electrons. The molecule has 168 valence electrons. The molecule has 0 saturated carbocycles. The van der Waals surface area contributed by atoms with Crippen molar-refractivity contribution in [2.45, 2.75) is 6.92 Å². The van der Waals surface area contributed by atoms with E-state index in [4.69, 9.17) is 13.9 Å². The normalized spacial score (nSPS) is 10.7. The number of nitrogens with one attached hydrogen (secondary N) is 1. The van der Waals surface area contributed by atoms with Gasteiger partial charge in [0.25, 0.3) is 11.8 Å². The number of methoxy groups -OCH3 is 1. The van der Waals surface area contributed by atoms with Crippen LogP contribution in [0.4, 0.5) is 5.82 Å². The summed E-state index contributed by atoms with van der Waals surface area (Å²) < 4.78 is 17.0. The second kappa shape index (κ2) is 9.04. The van der Waals surface area contributed by atoms with Crippen LogP contribution in [0.1, 0.15) is 26.5 Å². The van der Waals surface area contributed by atoms with E-state index in [9.17, 15) is 9.59 Å². The molecule has 8 nitrogen and oxygen atoms in total. The van der Waals surface area contributed by atoms with Gasteiger partial charge in [0.2, 0.25) is 0 Å². The highest BCUT2D eigenvalue weighted by Crippen LogP contribution is 2.34. The van der Waals surface area contributed by atoms with Crippen molar-refractivity contribution in [1.29, 1.82) is 0 Å². The fourth-order valence-electron chi connectivity index (χ4n) is 3.18. The molecule has 0 aliphatic carbocycles. The molecule has 0 aliphatic heterocycles. The first-order valence-corrected chi connectivity index (χ1v) is 10.2. The van der Waals surface area contributed by atoms with E-state index >= 15 is 0 Å². The zero-order valence-corrected chi connectivity index (χ0v) is 18.7. The molecule has 33 heavy (non-hydrogen) atoms. The van der Waals surface area contributed by atoms with Gasteiger partial charge in [0.15, 0.2) is 5.76 Å². The molecule has 0 saturated heterocycles. The average molecular weight is 445 g/mol. The molecule has 2 amide bonds. The van der Waals surface area contributed by atoms with Gasteiger partial charge in [-0.1, -0.05) is 17.7 Å². The van der Waals surface area contributed by atoms with Gasteiger partial charge in [-0.15, -0.1) is 0 Å². The molecule has 1 N–H and O–H groups in total. The Bertz CT molecular complexity index is 1330. The maximum absolute atomic E-state index is 13.0. The van der Waals surface area contributed by atoms with Gasteiger partial charge in [-0.25, -0.2) is 4.98 Å². The van der Waals surface area contributed by atoms with Crippen LogP contribution in [0.25, 0.3) is 11.0 Å². The predicted molar refractivity (Wildman–Crippen MR) is 124 cm³/mol. The molecule has 0 unspecified atom stereocenters. The Labute approximate surface area is 190 Å². The van der Waals surface area contributed by atoms with Crippen LogP contribution >= 0.6 is 0 Å². The van der Waals surface area contributed by atoms with Crippen LogP contribution in [0, 0.1) is 6.92 Å². The van der Waals surface area contributed by atoms with E-state index in [0.29, 0.717) is 34.0 Å². The summed E-state index contributed by atoms with van der Waals surface area (Å²) in [5, 5.41) is 3.32. The Morgan fingerprint density at radius 2 is 1.76 bits per heavy atom. The van der Waals surface area contributed by atoms with E-state index in [1.165, 1.54) is 18.2 Å². The van der Waals surface area contributed by atoms with Crippen LogP contribution in [0.2, 0.25) is 0 Å². The standard InChI is InChI=1S/C25H23N3O5/c1-15-5-7-17(8-6-15)32-20-11-16(24(29)27-23-13-18(31-4)9-10-26-23)12-21-19(20)14-22(33-21)25(30)28(2)3/h5-14H,1-4H3,(H,26,27,29). The van der Waals surface area contributed by atoms with Crippen molar-refractivity contribution >= 4 is 28.6 Å². The highest BCUT2D eigenvalue weighted by molar-refractivity contribution is 6.07. The number of nitrogens with zero attached hydrogens (tertiary/aromatic N) is 2. The van der Waals surface area contributed by atoms with Gasteiger partial charge in [-0.05, 0) is 37.3 Å². The minimum atomic E-state index is -0.414. The van der Waals surface area contributed by atoms with Gasteiger partial charge in [0.05, 0.1) is 12.5 Å². The minimum absolute atomic E-state index is 0.149. The van der Waals surface area contributed by atoms with Gasteiger partial charge >= 0.3 is 0 Å². The van der Waals surface area contributed by atoms with Crippen LogP contribution in [-0.2, 0) is 0 Å². The lowest BCUT2D eigenvalue weighted by Gasteiger charge is -2.10. The quantitative estimate of drug-likeness (QED) is 0.454. The van der Waals surface area contributed by atoms with Gasteiger partial charge in [-0.3, -0.25) is 9.59 Å². The number of rotatable bonds is 6. The fraction of sp³-hybridized carbons (Fsp3) is 0.160. The molecule has 2 aromatic heterocycles.